The summed E-state index contributed by atoms with van der Waals surface area (Å²) in [6, 6.07) is 17.6. The minimum absolute atomic E-state index is 0.0868. The molecular weight excluding hydrogens is 525 g/mol. The molecule has 1 heterocycles. The Hall–Kier alpha value is -4.07. The number of amides is 1. The number of esters is 1. The summed E-state index contributed by atoms with van der Waals surface area (Å²) >= 11 is 0. The standard InChI is InChI=1S/C33H38FNO6/c1-20-24(12-10-13-25(20)31(36)39-7)27-18-23(40-29-14-9-8-11-26(27)29)19-35(32(37)41-33(3,4)5)21(2)22-15-16-28(34)30(17-22)38-6/h8-17,21,23,27H,18-19H2,1-7H3. The molecule has 0 aromatic heterocycles. The summed E-state index contributed by atoms with van der Waals surface area (Å²) in [7, 11) is 2.78. The highest BCUT2D eigenvalue weighted by Crippen LogP contribution is 2.42. The minimum Gasteiger partial charge on any atom is -0.494 e. The highest BCUT2D eigenvalue weighted by atomic mass is 19.1. The van der Waals surface area contributed by atoms with Crippen molar-refractivity contribution in [3.05, 3.63) is 94.3 Å². The normalized spacial score (nSPS) is 17.1. The van der Waals surface area contributed by atoms with Gasteiger partial charge in [-0.15, -0.1) is 0 Å². The molecule has 3 atom stereocenters. The van der Waals surface area contributed by atoms with Crippen molar-refractivity contribution in [3.8, 4) is 11.5 Å². The molecule has 1 aliphatic rings. The van der Waals surface area contributed by atoms with Gasteiger partial charge in [0.15, 0.2) is 11.6 Å². The Morgan fingerprint density at radius 1 is 1.05 bits per heavy atom. The van der Waals surface area contributed by atoms with Gasteiger partial charge in [0.25, 0.3) is 0 Å². The Kier molecular flexibility index (Phi) is 8.90. The fraction of sp³-hybridized carbons (Fsp3) is 0.394. The second-order valence-corrected chi connectivity index (χ2v) is 11.3. The molecule has 0 aliphatic carbocycles. The van der Waals surface area contributed by atoms with Crippen LogP contribution < -0.4 is 9.47 Å². The Bertz CT molecular complexity index is 1420. The van der Waals surface area contributed by atoms with E-state index in [1.54, 1.807) is 23.1 Å². The van der Waals surface area contributed by atoms with Crippen molar-refractivity contribution in [1.82, 2.24) is 4.90 Å². The third-order valence-corrected chi connectivity index (χ3v) is 7.40. The zero-order valence-corrected chi connectivity index (χ0v) is 24.7. The van der Waals surface area contributed by atoms with Crippen LogP contribution >= 0.6 is 0 Å². The van der Waals surface area contributed by atoms with E-state index in [4.69, 9.17) is 18.9 Å². The van der Waals surface area contributed by atoms with Gasteiger partial charge < -0.3 is 18.9 Å². The van der Waals surface area contributed by atoms with Gasteiger partial charge >= 0.3 is 12.1 Å². The van der Waals surface area contributed by atoms with Crippen molar-refractivity contribution in [2.75, 3.05) is 20.8 Å². The maximum absolute atomic E-state index is 14.2. The molecule has 218 valence electrons. The largest absolute Gasteiger partial charge is 0.494 e. The highest BCUT2D eigenvalue weighted by Gasteiger charge is 2.36. The Morgan fingerprint density at radius 3 is 2.44 bits per heavy atom. The molecule has 0 bridgehead atoms. The number of ether oxygens (including phenoxy) is 4. The number of carbonyl (C=O) groups excluding carboxylic acids is 2. The van der Waals surface area contributed by atoms with Crippen molar-refractivity contribution < 1.29 is 32.9 Å². The third-order valence-electron chi connectivity index (χ3n) is 7.40. The van der Waals surface area contributed by atoms with E-state index in [2.05, 4.69) is 0 Å². The van der Waals surface area contributed by atoms with Gasteiger partial charge in [-0.05, 0) is 82.0 Å². The van der Waals surface area contributed by atoms with Crippen molar-refractivity contribution in [2.45, 2.75) is 64.7 Å². The SMILES string of the molecule is COC(=O)c1cccc(C2CC(CN(C(=O)OC(C)(C)C)C(C)c3ccc(F)c(OC)c3)Oc3ccccc32)c1C. The molecule has 0 saturated carbocycles. The molecular formula is C33H38FNO6. The van der Waals surface area contributed by atoms with Gasteiger partial charge in [-0.3, -0.25) is 4.90 Å². The van der Waals surface area contributed by atoms with Crippen LogP contribution in [0.4, 0.5) is 9.18 Å². The average molecular weight is 564 g/mol. The van der Waals surface area contributed by atoms with E-state index in [9.17, 15) is 14.0 Å². The predicted molar refractivity (Wildman–Crippen MR) is 154 cm³/mol. The lowest BCUT2D eigenvalue weighted by Crippen LogP contribution is -2.45. The van der Waals surface area contributed by atoms with Crippen molar-refractivity contribution in [2.24, 2.45) is 0 Å². The van der Waals surface area contributed by atoms with Gasteiger partial charge in [-0.1, -0.05) is 36.4 Å². The van der Waals surface area contributed by atoms with E-state index in [1.807, 2.05) is 71.0 Å². The lowest BCUT2D eigenvalue weighted by atomic mass is 9.81. The van der Waals surface area contributed by atoms with E-state index in [0.717, 1.165) is 22.4 Å². The van der Waals surface area contributed by atoms with E-state index in [1.165, 1.54) is 20.3 Å². The minimum atomic E-state index is -0.719. The Labute approximate surface area is 241 Å². The van der Waals surface area contributed by atoms with Crippen molar-refractivity contribution >= 4 is 12.1 Å². The first-order valence-corrected chi connectivity index (χ1v) is 13.7. The fourth-order valence-electron chi connectivity index (χ4n) is 5.31. The highest BCUT2D eigenvalue weighted by molar-refractivity contribution is 5.91. The van der Waals surface area contributed by atoms with E-state index in [-0.39, 0.29) is 24.2 Å². The van der Waals surface area contributed by atoms with Crippen LogP contribution in [0.1, 0.15) is 78.7 Å². The third kappa shape index (κ3) is 6.64. The van der Waals surface area contributed by atoms with Crippen LogP contribution in [0.15, 0.2) is 60.7 Å². The predicted octanol–water partition coefficient (Wildman–Crippen LogP) is 7.21. The summed E-state index contributed by atoms with van der Waals surface area (Å²) in [5.74, 6) is -0.136. The van der Waals surface area contributed by atoms with E-state index in [0.29, 0.717) is 17.5 Å². The molecule has 1 amide bonds. The van der Waals surface area contributed by atoms with Crippen LogP contribution in [0.2, 0.25) is 0 Å². The number of nitrogens with zero attached hydrogens (tertiary/aromatic N) is 1. The summed E-state index contributed by atoms with van der Waals surface area (Å²) in [4.78, 5) is 27.6. The first-order chi connectivity index (χ1) is 19.4. The molecule has 0 N–H and O–H groups in total. The number of carbonyl (C=O) groups is 2. The molecule has 3 unspecified atom stereocenters. The van der Waals surface area contributed by atoms with Crippen LogP contribution in [0, 0.1) is 12.7 Å². The monoisotopic (exact) mass is 563 g/mol. The molecule has 0 radical (unpaired) electrons. The second-order valence-electron chi connectivity index (χ2n) is 11.3. The number of rotatable bonds is 7. The molecule has 1 aliphatic heterocycles. The van der Waals surface area contributed by atoms with Gasteiger partial charge in [0.2, 0.25) is 0 Å². The number of hydrogen-bond acceptors (Lipinski definition) is 6. The summed E-state index contributed by atoms with van der Waals surface area (Å²) in [6.45, 7) is 9.45. The number of benzene rings is 3. The number of hydrogen-bond donors (Lipinski definition) is 0. The number of methoxy groups -OCH3 is 2. The van der Waals surface area contributed by atoms with Crippen LogP contribution in [-0.4, -0.2) is 49.4 Å². The van der Waals surface area contributed by atoms with Gasteiger partial charge in [0, 0.05) is 11.5 Å². The van der Waals surface area contributed by atoms with E-state index >= 15 is 0 Å². The molecule has 0 spiro atoms. The van der Waals surface area contributed by atoms with Crippen LogP contribution in [0.5, 0.6) is 11.5 Å². The fourth-order valence-corrected chi connectivity index (χ4v) is 5.31. The molecule has 3 aromatic rings. The summed E-state index contributed by atoms with van der Waals surface area (Å²) in [5, 5.41) is 0. The summed E-state index contributed by atoms with van der Waals surface area (Å²) < 4.78 is 36.6. The van der Waals surface area contributed by atoms with Crippen LogP contribution in [0.3, 0.4) is 0 Å². The van der Waals surface area contributed by atoms with Gasteiger partial charge in [0.05, 0.1) is 32.4 Å². The lowest BCUT2D eigenvalue weighted by Gasteiger charge is -2.38. The van der Waals surface area contributed by atoms with Gasteiger partial charge in [-0.2, -0.15) is 0 Å². The molecule has 0 saturated heterocycles. The summed E-state index contributed by atoms with van der Waals surface area (Å²) in [5.41, 5.74) is 3.34. The molecule has 8 heteroatoms. The van der Waals surface area contributed by atoms with Gasteiger partial charge in [0.1, 0.15) is 17.5 Å². The van der Waals surface area contributed by atoms with E-state index < -0.39 is 29.7 Å². The van der Waals surface area contributed by atoms with Crippen LogP contribution in [-0.2, 0) is 9.47 Å². The first-order valence-electron chi connectivity index (χ1n) is 13.7. The molecule has 4 rings (SSSR count). The van der Waals surface area contributed by atoms with Crippen molar-refractivity contribution in [1.29, 1.82) is 0 Å². The second kappa shape index (κ2) is 12.2. The zero-order valence-electron chi connectivity index (χ0n) is 24.7. The van der Waals surface area contributed by atoms with Gasteiger partial charge in [-0.25, -0.2) is 14.0 Å². The lowest BCUT2D eigenvalue weighted by molar-refractivity contribution is 0.00551. The number of para-hydroxylation sites is 1. The van der Waals surface area contributed by atoms with Crippen molar-refractivity contribution in [3.63, 3.8) is 0 Å². The molecule has 0 fully saturated rings. The zero-order chi connectivity index (χ0) is 29.9. The van der Waals surface area contributed by atoms with Crippen LogP contribution in [0.25, 0.3) is 0 Å². The Morgan fingerprint density at radius 2 is 1.76 bits per heavy atom. The quantitative estimate of drug-likeness (QED) is 0.283. The molecule has 3 aromatic carbocycles. The first kappa shape index (κ1) is 29.9. The Balaban J connectivity index is 1.71. The topological polar surface area (TPSA) is 74.3 Å². The smallest absolute Gasteiger partial charge is 0.410 e. The number of halogens is 1. The number of fused-ring (bicyclic) bond motifs is 1. The maximum Gasteiger partial charge on any atom is 0.410 e. The molecule has 41 heavy (non-hydrogen) atoms. The summed E-state index contributed by atoms with van der Waals surface area (Å²) in [6.07, 6.45) is -0.342. The maximum atomic E-state index is 14.2. The average Bonchev–Trinajstić information content (AvgIpc) is 2.94. The molecule has 7 nitrogen and oxygen atoms in total.